The SMILES string of the molecule is CCCCC(=O)NOc1ccc(Oc2ncc(Cl)cc2Cl)c(CC)c1CC. The topological polar surface area (TPSA) is 60.5 Å². The third kappa shape index (κ3) is 5.75. The maximum absolute atomic E-state index is 11.8. The van der Waals surface area contributed by atoms with Crippen LogP contribution in [-0.2, 0) is 17.6 Å². The van der Waals surface area contributed by atoms with Crippen molar-refractivity contribution < 1.29 is 14.4 Å². The van der Waals surface area contributed by atoms with E-state index in [0.717, 1.165) is 36.8 Å². The van der Waals surface area contributed by atoms with Gasteiger partial charge in [0, 0.05) is 23.7 Å². The number of carbonyl (C=O) groups is 1. The molecule has 0 bridgehead atoms. The van der Waals surface area contributed by atoms with E-state index < -0.39 is 0 Å². The summed E-state index contributed by atoms with van der Waals surface area (Å²) in [6, 6.07) is 5.15. The van der Waals surface area contributed by atoms with Crippen LogP contribution in [0.15, 0.2) is 24.4 Å². The minimum Gasteiger partial charge on any atom is -0.437 e. The molecular weight excluding hydrogens is 387 g/mol. The second-order valence-electron chi connectivity index (χ2n) is 6.00. The van der Waals surface area contributed by atoms with E-state index in [1.54, 1.807) is 18.2 Å². The lowest BCUT2D eigenvalue weighted by Gasteiger charge is -2.17. The van der Waals surface area contributed by atoms with E-state index in [4.69, 9.17) is 32.8 Å². The molecule has 0 radical (unpaired) electrons. The van der Waals surface area contributed by atoms with Crippen molar-refractivity contribution in [3.05, 3.63) is 45.6 Å². The molecule has 2 aromatic rings. The van der Waals surface area contributed by atoms with Crippen molar-refractivity contribution in [1.82, 2.24) is 10.5 Å². The molecule has 0 fully saturated rings. The number of hydroxylamine groups is 1. The number of amides is 1. The van der Waals surface area contributed by atoms with Crippen LogP contribution in [0, 0.1) is 0 Å². The Bertz CT molecular complexity index is 797. The standard InChI is InChI=1S/C20H24Cl2N2O3/c1-4-7-8-19(25)24-27-18-10-9-17(14(5-2)15(18)6-3)26-20-16(22)11-13(21)12-23-20/h9-12H,4-8H2,1-3H3,(H,24,25). The van der Waals surface area contributed by atoms with Crippen LogP contribution in [0.3, 0.4) is 0 Å². The van der Waals surface area contributed by atoms with Gasteiger partial charge in [-0.05, 0) is 37.5 Å². The number of pyridine rings is 1. The van der Waals surface area contributed by atoms with Gasteiger partial charge in [-0.3, -0.25) is 4.79 Å². The summed E-state index contributed by atoms with van der Waals surface area (Å²) >= 11 is 12.0. The number of unbranched alkanes of at least 4 members (excludes halogenated alkanes) is 1. The number of aromatic nitrogens is 1. The number of carbonyl (C=O) groups excluding carboxylic acids is 1. The predicted molar refractivity (Wildman–Crippen MR) is 108 cm³/mol. The van der Waals surface area contributed by atoms with Crippen molar-refractivity contribution in [2.45, 2.75) is 52.9 Å². The van der Waals surface area contributed by atoms with E-state index in [0.29, 0.717) is 33.8 Å². The molecule has 0 unspecified atom stereocenters. The zero-order valence-corrected chi connectivity index (χ0v) is 17.3. The van der Waals surface area contributed by atoms with Gasteiger partial charge in [0.1, 0.15) is 10.8 Å². The average Bonchev–Trinajstić information content (AvgIpc) is 2.66. The molecule has 7 heteroatoms. The van der Waals surface area contributed by atoms with Crippen LogP contribution in [0.2, 0.25) is 10.0 Å². The van der Waals surface area contributed by atoms with E-state index in [1.165, 1.54) is 6.20 Å². The van der Waals surface area contributed by atoms with Crippen LogP contribution < -0.4 is 15.1 Å². The van der Waals surface area contributed by atoms with Crippen LogP contribution in [0.5, 0.6) is 17.4 Å². The minimum absolute atomic E-state index is 0.130. The van der Waals surface area contributed by atoms with E-state index in [1.807, 2.05) is 20.8 Å². The molecule has 1 aromatic carbocycles. The second-order valence-corrected chi connectivity index (χ2v) is 6.84. The summed E-state index contributed by atoms with van der Waals surface area (Å²) in [6.45, 7) is 6.09. The van der Waals surface area contributed by atoms with Crippen molar-refractivity contribution in [2.75, 3.05) is 0 Å². The second kappa shape index (κ2) is 10.4. The van der Waals surface area contributed by atoms with Crippen LogP contribution >= 0.6 is 23.2 Å². The van der Waals surface area contributed by atoms with Gasteiger partial charge in [0.25, 0.3) is 5.91 Å². The molecule has 0 atom stereocenters. The summed E-state index contributed by atoms with van der Waals surface area (Å²) in [7, 11) is 0. The highest BCUT2D eigenvalue weighted by Gasteiger charge is 2.16. The predicted octanol–water partition coefficient (Wildman–Crippen LogP) is 5.91. The van der Waals surface area contributed by atoms with E-state index in [9.17, 15) is 4.79 Å². The smallest absolute Gasteiger partial charge is 0.252 e. The zero-order valence-electron chi connectivity index (χ0n) is 15.8. The first-order valence-electron chi connectivity index (χ1n) is 9.09. The highest BCUT2D eigenvalue weighted by Crippen LogP contribution is 2.36. The molecule has 5 nitrogen and oxygen atoms in total. The van der Waals surface area contributed by atoms with Gasteiger partial charge in [0.15, 0.2) is 5.75 Å². The molecule has 0 aliphatic heterocycles. The Morgan fingerprint density at radius 1 is 1.11 bits per heavy atom. The number of ether oxygens (including phenoxy) is 1. The van der Waals surface area contributed by atoms with E-state index in [2.05, 4.69) is 10.5 Å². The maximum atomic E-state index is 11.8. The van der Waals surface area contributed by atoms with Crippen molar-refractivity contribution >= 4 is 29.1 Å². The third-order valence-corrected chi connectivity index (χ3v) is 4.54. The molecule has 0 aliphatic rings. The van der Waals surface area contributed by atoms with Gasteiger partial charge in [0.05, 0.1) is 5.02 Å². The molecule has 146 valence electrons. The Hall–Kier alpha value is -1.98. The molecule has 1 heterocycles. The van der Waals surface area contributed by atoms with Gasteiger partial charge < -0.3 is 9.57 Å². The monoisotopic (exact) mass is 410 g/mol. The first kappa shape index (κ1) is 21.3. The van der Waals surface area contributed by atoms with Crippen molar-refractivity contribution in [2.24, 2.45) is 0 Å². The number of nitrogens with one attached hydrogen (secondary N) is 1. The average molecular weight is 411 g/mol. The lowest BCUT2D eigenvalue weighted by Crippen LogP contribution is -2.27. The summed E-state index contributed by atoms with van der Waals surface area (Å²) < 4.78 is 5.92. The first-order valence-corrected chi connectivity index (χ1v) is 9.85. The number of benzene rings is 1. The summed E-state index contributed by atoms with van der Waals surface area (Å²) in [5.74, 6) is 1.42. The van der Waals surface area contributed by atoms with Crippen molar-refractivity contribution in [3.63, 3.8) is 0 Å². The van der Waals surface area contributed by atoms with Crippen LogP contribution in [0.25, 0.3) is 0 Å². The summed E-state index contributed by atoms with van der Waals surface area (Å²) in [5, 5.41) is 0.783. The lowest BCUT2D eigenvalue weighted by molar-refractivity contribution is -0.127. The summed E-state index contributed by atoms with van der Waals surface area (Å²) in [4.78, 5) is 21.5. The third-order valence-electron chi connectivity index (χ3n) is 4.07. The Labute approximate surface area is 169 Å². The highest BCUT2D eigenvalue weighted by molar-refractivity contribution is 6.35. The first-order chi connectivity index (χ1) is 13.0. The van der Waals surface area contributed by atoms with Crippen LogP contribution in [0.4, 0.5) is 0 Å². The molecule has 0 spiro atoms. The fraction of sp³-hybridized carbons (Fsp3) is 0.400. The quantitative estimate of drug-likeness (QED) is 0.522. The molecule has 0 saturated heterocycles. The minimum atomic E-state index is -0.130. The van der Waals surface area contributed by atoms with Gasteiger partial charge in [-0.2, -0.15) is 5.48 Å². The number of nitrogens with zero attached hydrogens (tertiary/aromatic N) is 1. The molecule has 1 aromatic heterocycles. The summed E-state index contributed by atoms with van der Waals surface area (Å²) in [5.41, 5.74) is 4.46. The maximum Gasteiger partial charge on any atom is 0.252 e. The van der Waals surface area contributed by atoms with Crippen LogP contribution in [-0.4, -0.2) is 10.9 Å². The molecule has 27 heavy (non-hydrogen) atoms. The largest absolute Gasteiger partial charge is 0.437 e. The van der Waals surface area contributed by atoms with Gasteiger partial charge in [-0.1, -0.05) is 50.4 Å². The molecule has 2 rings (SSSR count). The van der Waals surface area contributed by atoms with E-state index >= 15 is 0 Å². The molecular formula is C20H24Cl2N2O3. The molecule has 0 saturated carbocycles. The molecule has 1 N–H and O–H groups in total. The Morgan fingerprint density at radius 2 is 1.78 bits per heavy atom. The lowest BCUT2D eigenvalue weighted by atomic mass is 10.0. The number of halogens is 2. The fourth-order valence-electron chi connectivity index (χ4n) is 2.70. The highest BCUT2D eigenvalue weighted by atomic mass is 35.5. The number of hydrogen-bond acceptors (Lipinski definition) is 4. The Balaban J connectivity index is 2.24. The van der Waals surface area contributed by atoms with Gasteiger partial charge in [-0.25, -0.2) is 4.98 Å². The van der Waals surface area contributed by atoms with Crippen LogP contribution in [0.1, 0.15) is 51.2 Å². The van der Waals surface area contributed by atoms with Gasteiger partial charge in [-0.15, -0.1) is 0 Å². The van der Waals surface area contributed by atoms with Gasteiger partial charge in [0.2, 0.25) is 5.88 Å². The number of rotatable bonds is 9. The Kier molecular flexibility index (Phi) is 8.20. The van der Waals surface area contributed by atoms with Crippen molar-refractivity contribution in [3.8, 4) is 17.4 Å². The zero-order chi connectivity index (χ0) is 19.8. The molecule has 1 amide bonds. The Morgan fingerprint density at radius 3 is 2.41 bits per heavy atom. The van der Waals surface area contributed by atoms with E-state index in [-0.39, 0.29) is 5.91 Å². The van der Waals surface area contributed by atoms with Gasteiger partial charge >= 0.3 is 0 Å². The normalized spacial score (nSPS) is 10.6. The van der Waals surface area contributed by atoms with Crippen molar-refractivity contribution in [1.29, 1.82) is 0 Å². The molecule has 0 aliphatic carbocycles. The number of hydrogen-bond donors (Lipinski definition) is 1. The summed E-state index contributed by atoms with van der Waals surface area (Å²) in [6.07, 6.45) is 5.17. The fourth-order valence-corrected chi connectivity index (χ4v) is 3.12.